The highest BCUT2D eigenvalue weighted by atomic mass is 16.5. The first-order valence-electron chi connectivity index (χ1n) is 21.1. The van der Waals surface area contributed by atoms with Gasteiger partial charge in [0, 0.05) is 46.7 Å². The van der Waals surface area contributed by atoms with Crippen LogP contribution in [0.3, 0.4) is 0 Å². The Kier molecular flexibility index (Phi) is 17.4. The summed E-state index contributed by atoms with van der Waals surface area (Å²) in [5, 5.41) is 17.7. The van der Waals surface area contributed by atoms with Gasteiger partial charge in [-0.3, -0.25) is 29.4 Å². The lowest BCUT2D eigenvalue weighted by Gasteiger charge is -2.41. The van der Waals surface area contributed by atoms with Gasteiger partial charge in [-0.25, -0.2) is 4.79 Å². The summed E-state index contributed by atoms with van der Waals surface area (Å²) in [4.78, 5) is 72.9. The molecule has 1 aromatic rings. The number of hydrogen-bond donors (Lipinski definition) is 4. The van der Waals surface area contributed by atoms with Gasteiger partial charge in [-0.05, 0) is 81.0 Å². The first-order chi connectivity index (χ1) is 27.6. The summed E-state index contributed by atoms with van der Waals surface area (Å²) in [5.41, 5.74) is 1.25. The fourth-order valence-corrected chi connectivity index (χ4v) is 9.75. The van der Waals surface area contributed by atoms with Crippen LogP contribution in [0.15, 0.2) is 24.3 Å². The zero-order valence-electron chi connectivity index (χ0n) is 36.4. The van der Waals surface area contributed by atoms with Crippen LogP contribution >= 0.6 is 0 Å². The quantitative estimate of drug-likeness (QED) is 0.142. The molecule has 2 aliphatic heterocycles. The van der Waals surface area contributed by atoms with Gasteiger partial charge < -0.3 is 39.8 Å². The van der Waals surface area contributed by atoms with Crippen molar-refractivity contribution < 1.29 is 43.3 Å². The predicted octanol–water partition coefficient (Wildman–Crippen LogP) is 3.99. The van der Waals surface area contributed by atoms with E-state index in [-0.39, 0.29) is 60.6 Å². The number of carbonyl (C=O) groups excluding carboxylic acids is 4. The molecular formula is C43H70N6O9. The lowest BCUT2D eigenvalue weighted by Crippen LogP contribution is -2.60. The number of benzene rings is 1. The van der Waals surface area contributed by atoms with Crippen molar-refractivity contribution in [2.45, 2.75) is 134 Å². The molecule has 0 spiro atoms. The summed E-state index contributed by atoms with van der Waals surface area (Å²) in [7, 11) is 8.44. The number of likely N-dealkylation sites (tertiary alicyclic amines) is 2. The van der Waals surface area contributed by atoms with Crippen LogP contribution in [-0.2, 0) is 39.8 Å². The number of carboxylic acid groups (broad SMARTS) is 1. The van der Waals surface area contributed by atoms with Crippen LogP contribution in [0.2, 0.25) is 0 Å². The van der Waals surface area contributed by atoms with Crippen molar-refractivity contribution in [3.8, 4) is 0 Å². The van der Waals surface area contributed by atoms with Crippen molar-refractivity contribution in [1.29, 1.82) is 0 Å². The molecule has 0 aromatic heterocycles. The highest BCUT2D eigenvalue weighted by molar-refractivity contribution is 5.90. The van der Waals surface area contributed by atoms with Gasteiger partial charge in [0.2, 0.25) is 23.6 Å². The average molecular weight is 815 g/mol. The van der Waals surface area contributed by atoms with Crippen molar-refractivity contribution in [3.63, 3.8) is 0 Å². The third-order valence-corrected chi connectivity index (χ3v) is 13.0. The van der Waals surface area contributed by atoms with E-state index >= 15 is 0 Å². The molecule has 2 saturated heterocycles. The number of fused-ring (bicyclic) bond motifs is 2. The fourth-order valence-electron chi connectivity index (χ4n) is 9.75. The monoisotopic (exact) mass is 815 g/mol. The Labute approximate surface area is 345 Å². The third-order valence-electron chi connectivity index (χ3n) is 13.0. The molecule has 58 heavy (non-hydrogen) atoms. The second-order valence-corrected chi connectivity index (χ2v) is 17.2. The van der Waals surface area contributed by atoms with Crippen molar-refractivity contribution in [1.82, 2.24) is 25.3 Å². The number of ether oxygens (including phenoxy) is 3. The van der Waals surface area contributed by atoms with Crippen LogP contribution in [0, 0.1) is 23.7 Å². The van der Waals surface area contributed by atoms with Gasteiger partial charge in [0.05, 0.1) is 55.3 Å². The molecule has 0 radical (unpaired) electrons. The Hall–Kier alpha value is -3.79. The minimum Gasteiger partial charge on any atom is -0.465 e. The van der Waals surface area contributed by atoms with Crippen molar-refractivity contribution in [2.75, 3.05) is 53.9 Å². The standard InChI is InChI=1S/C43H70N6O9/c1-11-26(4)37(48(7)42(53)36(25(2)3)46-41(52)38-29-17-18-32(22-29)47(38)6)34(57-9)23-35(50)49-19-13-16-33(49)39(58-10)27(5)40(51)44-31(24-56-8)21-28-14-12-15-30(20-28)45-43(54)55/h12,14-15,20,25-27,29,31-34,36-39,45H,11,13,16-19,21-24H2,1-10H3,(H,44,51)(H,46,52)(H,54,55)/t26-,27+,29-,31-,32+,33-,34+,36-,37-,38-,39+/m0/s1. The van der Waals surface area contributed by atoms with E-state index < -0.39 is 42.3 Å². The number of carbonyl (C=O) groups is 5. The number of nitrogens with zero attached hydrogens (tertiary/aromatic N) is 3. The van der Waals surface area contributed by atoms with Gasteiger partial charge in [0.15, 0.2) is 0 Å². The highest BCUT2D eigenvalue weighted by Gasteiger charge is 2.49. The summed E-state index contributed by atoms with van der Waals surface area (Å²) >= 11 is 0. The number of methoxy groups -OCH3 is 3. The predicted molar refractivity (Wildman–Crippen MR) is 221 cm³/mol. The molecular weight excluding hydrogens is 745 g/mol. The Balaban J connectivity index is 1.45. The normalized spacial score (nSPS) is 24.1. The van der Waals surface area contributed by atoms with Crippen molar-refractivity contribution >= 4 is 35.4 Å². The summed E-state index contributed by atoms with van der Waals surface area (Å²) in [6.45, 7) is 10.5. The van der Waals surface area contributed by atoms with E-state index in [1.54, 1.807) is 63.3 Å². The first-order valence-corrected chi connectivity index (χ1v) is 21.1. The summed E-state index contributed by atoms with van der Waals surface area (Å²) < 4.78 is 17.5. The number of piperidine rings is 1. The van der Waals surface area contributed by atoms with Gasteiger partial charge >= 0.3 is 6.09 Å². The fraction of sp³-hybridized carbons (Fsp3) is 0.744. The van der Waals surface area contributed by atoms with E-state index in [4.69, 9.17) is 19.3 Å². The van der Waals surface area contributed by atoms with Crippen LogP contribution in [0.25, 0.3) is 0 Å². The molecule has 5 amide bonds. The number of rotatable bonds is 21. The van der Waals surface area contributed by atoms with E-state index in [1.807, 2.05) is 33.9 Å². The Morgan fingerprint density at radius 2 is 1.72 bits per heavy atom. The second kappa shape index (κ2) is 21.5. The number of nitrogens with one attached hydrogen (secondary N) is 3. The Morgan fingerprint density at radius 3 is 2.31 bits per heavy atom. The van der Waals surface area contributed by atoms with Crippen molar-refractivity contribution in [3.05, 3.63) is 29.8 Å². The lowest BCUT2D eigenvalue weighted by atomic mass is 9.89. The summed E-state index contributed by atoms with van der Waals surface area (Å²) in [5.74, 6) is -1.19. The number of hydrogen-bond acceptors (Lipinski definition) is 9. The molecule has 4 N–H and O–H groups in total. The smallest absolute Gasteiger partial charge is 0.409 e. The topological polar surface area (TPSA) is 179 Å². The Bertz CT molecular complexity index is 1560. The zero-order valence-corrected chi connectivity index (χ0v) is 36.4. The molecule has 15 nitrogen and oxygen atoms in total. The van der Waals surface area contributed by atoms with Gasteiger partial charge in [-0.15, -0.1) is 0 Å². The van der Waals surface area contributed by atoms with Gasteiger partial charge in [-0.2, -0.15) is 0 Å². The molecule has 11 atom stereocenters. The maximum atomic E-state index is 14.4. The summed E-state index contributed by atoms with van der Waals surface area (Å²) in [6.07, 6.45) is 3.34. The molecule has 2 bridgehead atoms. The highest BCUT2D eigenvalue weighted by Crippen LogP contribution is 2.41. The number of likely N-dealkylation sites (N-methyl/N-ethyl adjacent to an activating group) is 2. The lowest BCUT2D eigenvalue weighted by molar-refractivity contribution is -0.148. The van der Waals surface area contributed by atoms with Gasteiger partial charge in [0.25, 0.3) is 0 Å². The molecule has 4 rings (SSSR count). The maximum absolute atomic E-state index is 14.4. The van der Waals surface area contributed by atoms with E-state index in [0.717, 1.165) is 37.7 Å². The minimum absolute atomic E-state index is 0.0207. The van der Waals surface area contributed by atoms with Crippen LogP contribution in [0.1, 0.15) is 85.1 Å². The van der Waals surface area contributed by atoms with Gasteiger partial charge in [0.1, 0.15) is 6.04 Å². The third kappa shape index (κ3) is 11.3. The Morgan fingerprint density at radius 1 is 1.00 bits per heavy atom. The second-order valence-electron chi connectivity index (χ2n) is 17.2. The van der Waals surface area contributed by atoms with Crippen LogP contribution in [0.4, 0.5) is 10.5 Å². The van der Waals surface area contributed by atoms with Crippen molar-refractivity contribution in [2.24, 2.45) is 23.7 Å². The van der Waals surface area contributed by atoms with E-state index in [9.17, 15) is 24.0 Å². The first kappa shape index (κ1) is 46.9. The summed E-state index contributed by atoms with van der Waals surface area (Å²) in [6, 6.07) is 5.23. The zero-order chi connectivity index (χ0) is 42.8. The molecule has 1 aromatic carbocycles. The molecule has 3 fully saturated rings. The largest absolute Gasteiger partial charge is 0.465 e. The SMILES string of the molecule is CC[C@H](C)[C@@H]([C@@H](CC(=O)N1CCC[C@H]1[C@H](OC)[C@@H](C)C(=O)N[C@H](COC)Cc1cccc(NC(=O)O)c1)OC)N(C)C(=O)[C@@H](NC(=O)[C@@H]1[C@H]2CC[C@H](C2)N1C)C(C)C. The van der Waals surface area contributed by atoms with E-state index in [1.165, 1.54) is 0 Å². The molecule has 1 aliphatic carbocycles. The van der Waals surface area contributed by atoms with Crippen LogP contribution in [-0.4, -0.2) is 147 Å². The van der Waals surface area contributed by atoms with Crippen LogP contribution < -0.4 is 16.0 Å². The van der Waals surface area contributed by atoms with E-state index in [0.29, 0.717) is 37.0 Å². The van der Waals surface area contributed by atoms with Crippen LogP contribution in [0.5, 0.6) is 0 Å². The van der Waals surface area contributed by atoms with Gasteiger partial charge in [-0.1, -0.05) is 53.2 Å². The molecule has 0 unspecified atom stereocenters. The average Bonchev–Trinajstić information content (AvgIpc) is 3.94. The molecule has 326 valence electrons. The maximum Gasteiger partial charge on any atom is 0.409 e. The minimum atomic E-state index is -1.16. The molecule has 3 aliphatic rings. The number of amides is 5. The molecule has 2 heterocycles. The molecule has 1 saturated carbocycles. The number of anilines is 1. The molecule has 15 heteroatoms. The van der Waals surface area contributed by atoms with E-state index in [2.05, 4.69) is 27.8 Å².